The lowest BCUT2D eigenvalue weighted by molar-refractivity contribution is -0.144. The molecule has 0 aromatic rings. The normalized spacial score (nSPS) is 48.2. The minimum atomic E-state index is -0.0848. The quantitative estimate of drug-likeness (QED) is 0.489. The van der Waals surface area contributed by atoms with Crippen LogP contribution in [-0.2, 0) is 9.53 Å². The van der Waals surface area contributed by atoms with E-state index < -0.39 is 0 Å². The first-order valence-electron chi connectivity index (χ1n) is 5.31. The molecule has 1 N–H and O–H groups in total. The van der Waals surface area contributed by atoms with Crippen LogP contribution >= 0.6 is 0 Å². The average Bonchev–Trinajstić information content (AvgIpc) is 2.87. The van der Waals surface area contributed by atoms with Gasteiger partial charge >= 0.3 is 5.97 Å². The van der Waals surface area contributed by atoms with Gasteiger partial charge < -0.3 is 10.1 Å². The predicted molar refractivity (Wildman–Crippen MR) is 51.5 cm³/mol. The van der Waals surface area contributed by atoms with Crippen LogP contribution in [0, 0.1) is 23.7 Å². The van der Waals surface area contributed by atoms with Crippen molar-refractivity contribution in [2.75, 3.05) is 13.7 Å². The van der Waals surface area contributed by atoms with Gasteiger partial charge in [0.2, 0.25) is 0 Å². The van der Waals surface area contributed by atoms with Gasteiger partial charge in [0.15, 0.2) is 0 Å². The Balaban J connectivity index is 1.85. The molecule has 1 aliphatic heterocycles. The molecule has 0 aromatic carbocycles. The highest BCUT2D eigenvalue weighted by molar-refractivity contribution is 5.77. The molecule has 5 atom stereocenters. The van der Waals surface area contributed by atoms with E-state index in [0.29, 0.717) is 23.7 Å². The second-order valence-electron chi connectivity index (χ2n) is 4.60. The van der Waals surface area contributed by atoms with Crippen LogP contribution in [0.15, 0.2) is 12.2 Å². The number of methoxy groups -OCH3 is 1. The molecule has 14 heavy (non-hydrogen) atoms. The second kappa shape index (κ2) is 2.83. The number of carbonyl (C=O) groups excluding carboxylic acids is 1. The van der Waals surface area contributed by atoms with E-state index in [9.17, 15) is 4.79 Å². The van der Waals surface area contributed by atoms with E-state index in [2.05, 4.69) is 17.5 Å². The molecule has 3 aliphatic rings. The summed E-state index contributed by atoms with van der Waals surface area (Å²) in [5.74, 6) is 2.42. The summed E-state index contributed by atoms with van der Waals surface area (Å²) < 4.78 is 4.82. The third kappa shape index (κ3) is 0.934. The molecule has 1 heterocycles. The van der Waals surface area contributed by atoms with Crippen LogP contribution in [0.3, 0.4) is 0 Å². The summed E-state index contributed by atoms with van der Waals surface area (Å²) in [5, 5.41) is 3.30. The minimum absolute atomic E-state index is 0.0510. The van der Waals surface area contributed by atoms with E-state index in [1.54, 1.807) is 0 Å². The van der Waals surface area contributed by atoms with Crippen LogP contribution in [-0.4, -0.2) is 25.7 Å². The lowest BCUT2D eigenvalue weighted by atomic mass is 9.82. The summed E-state index contributed by atoms with van der Waals surface area (Å²) in [6, 6.07) is -0.0510. The second-order valence-corrected chi connectivity index (χ2v) is 4.60. The summed E-state index contributed by atoms with van der Waals surface area (Å²) in [6.07, 6.45) is 5.87. The molecular formula is C11H15NO2. The fourth-order valence-corrected chi connectivity index (χ4v) is 3.51. The lowest BCUT2D eigenvalue weighted by Crippen LogP contribution is -2.38. The number of carbonyl (C=O) groups is 1. The van der Waals surface area contributed by atoms with Crippen molar-refractivity contribution in [3.8, 4) is 0 Å². The van der Waals surface area contributed by atoms with Crippen LogP contribution in [0.1, 0.15) is 6.42 Å². The Kier molecular flexibility index (Phi) is 1.71. The Morgan fingerprint density at radius 1 is 1.43 bits per heavy atom. The average molecular weight is 193 g/mol. The molecule has 3 rings (SSSR count). The molecule has 3 nitrogen and oxygen atoms in total. The van der Waals surface area contributed by atoms with Crippen molar-refractivity contribution in [1.29, 1.82) is 0 Å². The van der Waals surface area contributed by atoms with Gasteiger partial charge in [-0.3, -0.25) is 4.79 Å². The molecule has 2 bridgehead atoms. The topological polar surface area (TPSA) is 38.3 Å². The molecule has 2 aliphatic carbocycles. The Bertz CT molecular complexity index is 300. The summed E-state index contributed by atoms with van der Waals surface area (Å²) in [4.78, 5) is 11.5. The first-order valence-corrected chi connectivity index (χ1v) is 5.31. The maximum absolute atomic E-state index is 11.5. The summed E-state index contributed by atoms with van der Waals surface area (Å²) in [6.45, 7) is 0.982. The van der Waals surface area contributed by atoms with Gasteiger partial charge in [-0.25, -0.2) is 0 Å². The van der Waals surface area contributed by atoms with E-state index in [4.69, 9.17) is 4.74 Å². The number of hydrogen-bond donors (Lipinski definition) is 1. The van der Waals surface area contributed by atoms with Crippen molar-refractivity contribution in [3.63, 3.8) is 0 Å². The lowest BCUT2D eigenvalue weighted by Gasteiger charge is -2.23. The van der Waals surface area contributed by atoms with E-state index >= 15 is 0 Å². The zero-order valence-electron chi connectivity index (χ0n) is 8.27. The zero-order chi connectivity index (χ0) is 9.71. The molecule has 0 spiro atoms. The van der Waals surface area contributed by atoms with Crippen molar-refractivity contribution in [1.82, 2.24) is 5.32 Å². The molecule has 76 valence electrons. The van der Waals surface area contributed by atoms with Crippen molar-refractivity contribution in [3.05, 3.63) is 12.2 Å². The maximum atomic E-state index is 11.5. The van der Waals surface area contributed by atoms with Crippen LogP contribution < -0.4 is 5.32 Å². The van der Waals surface area contributed by atoms with Crippen molar-refractivity contribution in [2.24, 2.45) is 23.7 Å². The minimum Gasteiger partial charge on any atom is -0.468 e. The van der Waals surface area contributed by atoms with E-state index in [-0.39, 0.29) is 12.0 Å². The van der Waals surface area contributed by atoms with Gasteiger partial charge in [-0.1, -0.05) is 12.2 Å². The molecule has 3 heteroatoms. The van der Waals surface area contributed by atoms with Crippen LogP contribution in [0.5, 0.6) is 0 Å². The van der Waals surface area contributed by atoms with E-state index in [1.165, 1.54) is 13.5 Å². The van der Waals surface area contributed by atoms with Gasteiger partial charge in [-0.15, -0.1) is 0 Å². The Hall–Kier alpha value is -0.830. The summed E-state index contributed by atoms with van der Waals surface area (Å²) in [7, 11) is 1.47. The van der Waals surface area contributed by atoms with Crippen LogP contribution in [0.25, 0.3) is 0 Å². The first-order chi connectivity index (χ1) is 6.81. The van der Waals surface area contributed by atoms with Crippen molar-refractivity contribution >= 4 is 5.97 Å². The smallest absolute Gasteiger partial charge is 0.323 e. The monoisotopic (exact) mass is 193 g/mol. The van der Waals surface area contributed by atoms with Gasteiger partial charge in [0, 0.05) is 0 Å². The Morgan fingerprint density at radius 2 is 2.21 bits per heavy atom. The van der Waals surface area contributed by atoms with E-state index in [1.807, 2.05) is 0 Å². The van der Waals surface area contributed by atoms with Gasteiger partial charge in [0.25, 0.3) is 0 Å². The number of fused-ring (bicyclic) bond motifs is 5. The standard InChI is InChI=1S/C11H15NO2/c1-14-11(13)10-9-7-3-2-6(4-7)8(9)5-12-10/h2-3,6-10,12H,4-5H2,1H3/t6-,7?,8?,9?,10?/m1/s1. The number of esters is 1. The molecule has 4 unspecified atom stereocenters. The van der Waals surface area contributed by atoms with Crippen molar-refractivity contribution < 1.29 is 9.53 Å². The van der Waals surface area contributed by atoms with E-state index in [0.717, 1.165) is 6.54 Å². The predicted octanol–water partition coefficient (Wildman–Crippen LogP) is 0.569. The maximum Gasteiger partial charge on any atom is 0.323 e. The number of allylic oxidation sites excluding steroid dienone is 2. The van der Waals surface area contributed by atoms with Gasteiger partial charge in [-0.2, -0.15) is 0 Å². The van der Waals surface area contributed by atoms with Gasteiger partial charge in [-0.05, 0) is 36.6 Å². The fraction of sp³-hybridized carbons (Fsp3) is 0.727. The van der Waals surface area contributed by atoms with Crippen LogP contribution in [0.2, 0.25) is 0 Å². The first kappa shape index (κ1) is 8.48. The molecule has 0 amide bonds. The number of nitrogens with one attached hydrogen (secondary N) is 1. The Morgan fingerprint density at radius 3 is 3.00 bits per heavy atom. The fourth-order valence-electron chi connectivity index (χ4n) is 3.51. The highest BCUT2D eigenvalue weighted by Crippen LogP contribution is 2.51. The van der Waals surface area contributed by atoms with Gasteiger partial charge in [0.05, 0.1) is 7.11 Å². The SMILES string of the molecule is COC(=O)C1NCC2C1C1C=C[C@@H]2C1. The summed E-state index contributed by atoms with van der Waals surface area (Å²) in [5.41, 5.74) is 0. The van der Waals surface area contributed by atoms with Crippen LogP contribution in [0.4, 0.5) is 0 Å². The third-order valence-electron chi connectivity index (χ3n) is 4.10. The molecule has 0 radical (unpaired) electrons. The molecule has 0 aromatic heterocycles. The molecular weight excluding hydrogens is 178 g/mol. The molecule has 1 saturated heterocycles. The number of hydrogen-bond acceptors (Lipinski definition) is 3. The Labute approximate surface area is 83.5 Å². The highest BCUT2D eigenvalue weighted by atomic mass is 16.5. The van der Waals surface area contributed by atoms with Gasteiger partial charge in [0.1, 0.15) is 6.04 Å². The highest BCUT2D eigenvalue weighted by Gasteiger charge is 2.53. The van der Waals surface area contributed by atoms with Crippen molar-refractivity contribution in [2.45, 2.75) is 12.5 Å². The zero-order valence-corrected chi connectivity index (χ0v) is 8.27. The molecule has 2 fully saturated rings. The summed E-state index contributed by atoms with van der Waals surface area (Å²) >= 11 is 0. The number of rotatable bonds is 1. The molecule has 1 saturated carbocycles. The largest absolute Gasteiger partial charge is 0.468 e. The third-order valence-corrected chi connectivity index (χ3v) is 4.10. The number of ether oxygens (including phenoxy) is 1.